The summed E-state index contributed by atoms with van der Waals surface area (Å²) in [7, 11) is -3.78. The largest absolute Gasteiger partial charge is 0.351 e. The lowest BCUT2D eigenvalue weighted by molar-refractivity contribution is 0.0947. The fraction of sp³-hybridized carbons (Fsp3) is 0.444. The number of hydrogen-bond donors (Lipinski definition) is 2. The van der Waals surface area contributed by atoms with Gasteiger partial charge in [0.2, 0.25) is 0 Å². The van der Waals surface area contributed by atoms with Crippen LogP contribution < -0.4 is 10.0 Å². The summed E-state index contributed by atoms with van der Waals surface area (Å²) < 4.78 is 27.3. The number of rotatable bonds is 6. The standard InChI is InChI=1S/C18H22ClN3O3S2/c1-12-16(17(23)20-11-13-5-3-2-4-6-13)26-18(21-12)22-27(24,25)15-9-7-14(19)8-10-15/h7-10,13H,2-6,11H2,1H3,(H,20,23)(H,21,22). The number of aromatic nitrogens is 1. The molecule has 1 aromatic carbocycles. The number of carbonyl (C=O) groups is 1. The van der Waals surface area contributed by atoms with E-state index in [0.717, 1.165) is 24.2 Å². The average molecular weight is 428 g/mol. The molecular weight excluding hydrogens is 406 g/mol. The Labute approximate surface area is 168 Å². The SMILES string of the molecule is Cc1nc(NS(=O)(=O)c2ccc(Cl)cc2)sc1C(=O)NCC1CCCCC1. The van der Waals surface area contributed by atoms with Crippen LogP contribution in [0.2, 0.25) is 5.02 Å². The topological polar surface area (TPSA) is 88.2 Å². The fourth-order valence-corrected chi connectivity index (χ4v) is 5.39. The number of nitrogens with one attached hydrogen (secondary N) is 2. The number of aryl methyl sites for hydroxylation is 1. The van der Waals surface area contributed by atoms with Crippen LogP contribution in [0.15, 0.2) is 29.2 Å². The van der Waals surface area contributed by atoms with Crippen molar-refractivity contribution in [2.75, 3.05) is 11.3 Å². The first-order valence-corrected chi connectivity index (χ1v) is 11.6. The van der Waals surface area contributed by atoms with Crippen molar-refractivity contribution in [1.29, 1.82) is 0 Å². The molecule has 0 saturated heterocycles. The molecule has 1 saturated carbocycles. The Kier molecular flexibility index (Phi) is 6.39. The highest BCUT2D eigenvalue weighted by Crippen LogP contribution is 2.26. The molecule has 1 aromatic heterocycles. The van der Waals surface area contributed by atoms with Gasteiger partial charge in [0.15, 0.2) is 5.13 Å². The van der Waals surface area contributed by atoms with Gasteiger partial charge in [0.25, 0.3) is 15.9 Å². The number of thiazole rings is 1. The van der Waals surface area contributed by atoms with Crippen molar-refractivity contribution >= 4 is 44.0 Å². The van der Waals surface area contributed by atoms with Crippen LogP contribution in [-0.2, 0) is 10.0 Å². The monoisotopic (exact) mass is 427 g/mol. The van der Waals surface area contributed by atoms with E-state index in [1.165, 1.54) is 43.5 Å². The molecule has 0 spiro atoms. The van der Waals surface area contributed by atoms with Gasteiger partial charge in [-0.05, 0) is 49.9 Å². The molecule has 9 heteroatoms. The quantitative estimate of drug-likeness (QED) is 0.722. The van der Waals surface area contributed by atoms with Crippen molar-refractivity contribution in [3.05, 3.63) is 39.9 Å². The van der Waals surface area contributed by atoms with E-state index < -0.39 is 10.0 Å². The molecule has 2 N–H and O–H groups in total. The van der Waals surface area contributed by atoms with E-state index in [0.29, 0.717) is 28.1 Å². The minimum atomic E-state index is -3.78. The third-order valence-electron chi connectivity index (χ3n) is 4.62. The average Bonchev–Trinajstić information content (AvgIpc) is 3.00. The van der Waals surface area contributed by atoms with E-state index in [9.17, 15) is 13.2 Å². The predicted octanol–water partition coefficient (Wildman–Crippen LogP) is 4.22. The van der Waals surface area contributed by atoms with Crippen molar-refractivity contribution in [1.82, 2.24) is 10.3 Å². The van der Waals surface area contributed by atoms with E-state index in [1.807, 2.05) is 0 Å². The van der Waals surface area contributed by atoms with Crippen molar-refractivity contribution in [2.24, 2.45) is 5.92 Å². The summed E-state index contributed by atoms with van der Waals surface area (Å²) in [6.07, 6.45) is 6.01. The molecule has 0 unspecified atom stereocenters. The highest BCUT2D eigenvalue weighted by Gasteiger charge is 2.21. The van der Waals surface area contributed by atoms with E-state index in [-0.39, 0.29) is 15.9 Å². The van der Waals surface area contributed by atoms with E-state index in [4.69, 9.17) is 11.6 Å². The summed E-state index contributed by atoms with van der Waals surface area (Å²) in [6, 6.07) is 5.85. The molecule has 0 aliphatic heterocycles. The van der Waals surface area contributed by atoms with Gasteiger partial charge in [-0.25, -0.2) is 13.4 Å². The van der Waals surface area contributed by atoms with Crippen LogP contribution in [0.3, 0.4) is 0 Å². The third-order valence-corrected chi connectivity index (χ3v) is 7.43. The number of hydrogen-bond acceptors (Lipinski definition) is 5. The Morgan fingerprint density at radius 3 is 2.56 bits per heavy atom. The number of carbonyl (C=O) groups excluding carboxylic acids is 1. The first kappa shape index (κ1) is 20.1. The Morgan fingerprint density at radius 2 is 1.89 bits per heavy atom. The zero-order valence-electron chi connectivity index (χ0n) is 15.0. The van der Waals surface area contributed by atoms with Crippen LogP contribution in [0.5, 0.6) is 0 Å². The number of amides is 1. The van der Waals surface area contributed by atoms with Gasteiger partial charge in [0, 0.05) is 11.6 Å². The Hall–Kier alpha value is -1.64. The number of halogens is 1. The van der Waals surface area contributed by atoms with Crippen LogP contribution in [0.4, 0.5) is 5.13 Å². The van der Waals surface area contributed by atoms with E-state index in [2.05, 4.69) is 15.0 Å². The number of benzene rings is 1. The Morgan fingerprint density at radius 1 is 1.22 bits per heavy atom. The van der Waals surface area contributed by atoms with Crippen LogP contribution in [0.25, 0.3) is 0 Å². The molecule has 3 rings (SSSR count). The third kappa shape index (κ3) is 5.21. The van der Waals surface area contributed by atoms with Gasteiger partial charge in [-0.2, -0.15) is 0 Å². The number of anilines is 1. The Balaban J connectivity index is 1.66. The lowest BCUT2D eigenvalue weighted by Crippen LogP contribution is -2.30. The first-order chi connectivity index (χ1) is 12.8. The number of nitrogens with zero attached hydrogens (tertiary/aromatic N) is 1. The van der Waals surface area contributed by atoms with Crippen LogP contribution in [0.1, 0.15) is 47.5 Å². The summed E-state index contributed by atoms with van der Waals surface area (Å²) in [5, 5.41) is 3.59. The zero-order chi connectivity index (χ0) is 19.4. The molecule has 1 aliphatic rings. The molecule has 2 aromatic rings. The molecule has 1 fully saturated rings. The van der Waals surface area contributed by atoms with Gasteiger partial charge in [0.1, 0.15) is 4.88 Å². The molecule has 6 nitrogen and oxygen atoms in total. The summed E-state index contributed by atoms with van der Waals surface area (Å²) in [4.78, 5) is 17.2. The van der Waals surface area contributed by atoms with Gasteiger partial charge in [-0.3, -0.25) is 9.52 Å². The van der Waals surface area contributed by atoms with Crippen LogP contribution in [0, 0.1) is 12.8 Å². The van der Waals surface area contributed by atoms with Crippen molar-refractivity contribution in [2.45, 2.75) is 43.9 Å². The van der Waals surface area contributed by atoms with Crippen molar-refractivity contribution in [3.8, 4) is 0 Å². The lowest BCUT2D eigenvalue weighted by Gasteiger charge is -2.21. The van der Waals surface area contributed by atoms with Gasteiger partial charge in [-0.1, -0.05) is 42.2 Å². The molecule has 146 valence electrons. The maximum atomic E-state index is 12.5. The molecule has 1 amide bonds. The van der Waals surface area contributed by atoms with Crippen molar-refractivity contribution in [3.63, 3.8) is 0 Å². The molecule has 1 heterocycles. The summed E-state index contributed by atoms with van der Waals surface area (Å²) in [5.74, 6) is 0.325. The highest BCUT2D eigenvalue weighted by atomic mass is 35.5. The smallest absolute Gasteiger partial charge is 0.263 e. The van der Waals surface area contributed by atoms with Gasteiger partial charge >= 0.3 is 0 Å². The summed E-state index contributed by atoms with van der Waals surface area (Å²) in [5.41, 5.74) is 0.509. The minimum Gasteiger partial charge on any atom is -0.351 e. The van der Waals surface area contributed by atoms with Gasteiger partial charge in [0.05, 0.1) is 10.6 Å². The maximum absolute atomic E-state index is 12.5. The molecular formula is C18H22ClN3O3S2. The zero-order valence-corrected chi connectivity index (χ0v) is 17.4. The van der Waals surface area contributed by atoms with Gasteiger partial charge in [-0.15, -0.1) is 0 Å². The van der Waals surface area contributed by atoms with Crippen LogP contribution >= 0.6 is 22.9 Å². The normalized spacial score (nSPS) is 15.5. The lowest BCUT2D eigenvalue weighted by atomic mass is 9.89. The molecule has 27 heavy (non-hydrogen) atoms. The molecule has 0 bridgehead atoms. The fourth-order valence-electron chi connectivity index (χ4n) is 3.15. The maximum Gasteiger partial charge on any atom is 0.263 e. The predicted molar refractivity (Wildman–Crippen MR) is 108 cm³/mol. The molecule has 0 radical (unpaired) electrons. The molecule has 1 aliphatic carbocycles. The van der Waals surface area contributed by atoms with E-state index >= 15 is 0 Å². The van der Waals surface area contributed by atoms with Crippen LogP contribution in [-0.4, -0.2) is 25.9 Å². The van der Waals surface area contributed by atoms with Crippen molar-refractivity contribution < 1.29 is 13.2 Å². The first-order valence-electron chi connectivity index (χ1n) is 8.89. The second-order valence-corrected chi connectivity index (χ2v) is 9.82. The van der Waals surface area contributed by atoms with Gasteiger partial charge < -0.3 is 5.32 Å². The second-order valence-electron chi connectivity index (χ2n) is 6.71. The summed E-state index contributed by atoms with van der Waals surface area (Å²) >= 11 is 6.84. The minimum absolute atomic E-state index is 0.0862. The second kappa shape index (κ2) is 8.58. The summed E-state index contributed by atoms with van der Waals surface area (Å²) in [6.45, 7) is 2.36. The number of sulfonamides is 1. The highest BCUT2D eigenvalue weighted by molar-refractivity contribution is 7.93. The Bertz CT molecular complexity index is 904. The molecule has 0 atom stereocenters. The van der Waals surface area contributed by atoms with E-state index in [1.54, 1.807) is 6.92 Å².